The van der Waals surface area contributed by atoms with E-state index in [0.29, 0.717) is 12.2 Å². The second-order valence-electron chi connectivity index (χ2n) is 9.26. The molecule has 2 atom stereocenters. The van der Waals surface area contributed by atoms with Crippen LogP contribution in [0.4, 0.5) is 0 Å². The van der Waals surface area contributed by atoms with Gasteiger partial charge in [0, 0.05) is 12.3 Å². The zero-order valence-corrected chi connectivity index (χ0v) is 17.8. The summed E-state index contributed by atoms with van der Waals surface area (Å²) in [6.45, 7) is 10.8. The number of benzene rings is 1. The monoisotopic (exact) mass is 384 g/mol. The Morgan fingerprint density at radius 3 is 2.52 bits per heavy atom. The zero-order chi connectivity index (χ0) is 20.3. The summed E-state index contributed by atoms with van der Waals surface area (Å²) in [5, 5.41) is 4.54. The van der Waals surface area contributed by atoms with Gasteiger partial charge in [-0.25, -0.2) is 9.67 Å². The number of Topliss-reactive ketones (excluding diaryl/α,β-unsaturated/α-hetero) is 1. The van der Waals surface area contributed by atoms with Crippen molar-refractivity contribution in [2.24, 2.45) is 5.92 Å². The molecule has 5 nitrogen and oxygen atoms in total. The lowest BCUT2D eigenvalue weighted by atomic mass is 10.0. The molecular weight excluding hydrogens is 354 g/mol. The Morgan fingerprint density at radius 1 is 1.26 bits per heavy atom. The van der Waals surface area contributed by atoms with Gasteiger partial charge < -0.3 is 4.43 Å². The van der Waals surface area contributed by atoms with E-state index in [2.05, 4.69) is 43.9 Å². The van der Waals surface area contributed by atoms with Crippen LogP contribution in [0.1, 0.15) is 75.5 Å². The van der Waals surface area contributed by atoms with Crippen LogP contribution in [-0.4, -0.2) is 28.9 Å². The van der Waals surface area contributed by atoms with Crippen LogP contribution in [0.3, 0.4) is 0 Å². The van der Waals surface area contributed by atoms with Gasteiger partial charge in [-0.2, -0.15) is 0 Å². The third-order valence-corrected chi connectivity index (χ3v) is 10.5. The molecule has 1 aliphatic carbocycles. The first-order valence-electron chi connectivity index (χ1n) is 10.3. The Kier molecular flexibility index (Phi) is 4.09. The SMILES string of the molecule is [2H][C@@]1(O[Si](C)(C)C(C)(C)C)C[C@@H](c2ccccc2)n2nc(C(=O)C3CC3)nc21. The van der Waals surface area contributed by atoms with Crippen molar-refractivity contribution < 1.29 is 10.6 Å². The third-order valence-electron chi connectivity index (χ3n) is 6.09. The molecular formula is C21H29N3O2Si. The minimum absolute atomic E-state index is 0.00314. The van der Waals surface area contributed by atoms with Crippen LogP contribution in [0.2, 0.25) is 18.1 Å². The molecule has 0 spiro atoms. The molecule has 1 aromatic carbocycles. The molecule has 0 saturated heterocycles. The van der Waals surface area contributed by atoms with Gasteiger partial charge in [0.15, 0.2) is 14.1 Å². The van der Waals surface area contributed by atoms with Gasteiger partial charge in [0.1, 0.15) is 6.08 Å². The van der Waals surface area contributed by atoms with Gasteiger partial charge in [0.2, 0.25) is 11.6 Å². The predicted octanol–water partition coefficient (Wildman–Crippen LogP) is 4.93. The zero-order valence-electron chi connectivity index (χ0n) is 17.8. The lowest BCUT2D eigenvalue weighted by molar-refractivity contribution is 0.0956. The molecule has 6 heteroatoms. The number of carbonyl (C=O) groups is 1. The Bertz CT molecular complexity index is 902. The summed E-state index contributed by atoms with van der Waals surface area (Å²) in [5.41, 5.74) is 1.06. The number of fused-ring (bicyclic) bond motifs is 1. The molecule has 2 aromatic rings. The van der Waals surface area contributed by atoms with Crippen LogP contribution < -0.4 is 0 Å². The van der Waals surface area contributed by atoms with Crippen LogP contribution in [0.5, 0.6) is 0 Å². The van der Waals surface area contributed by atoms with E-state index in [4.69, 9.17) is 4.43 Å². The smallest absolute Gasteiger partial charge is 0.217 e. The summed E-state index contributed by atoms with van der Waals surface area (Å²) in [5.74, 6) is 0.770. The molecule has 0 N–H and O–H groups in total. The van der Waals surface area contributed by atoms with E-state index in [-0.39, 0.29) is 28.6 Å². The molecule has 1 fully saturated rings. The highest BCUT2D eigenvalue weighted by molar-refractivity contribution is 6.74. The topological polar surface area (TPSA) is 57.0 Å². The van der Waals surface area contributed by atoms with Crippen molar-refractivity contribution in [1.82, 2.24) is 14.8 Å². The van der Waals surface area contributed by atoms with Crippen LogP contribution in [0, 0.1) is 5.92 Å². The van der Waals surface area contributed by atoms with E-state index in [1.54, 1.807) is 4.68 Å². The maximum atomic E-state index is 12.6. The first-order chi connectivity index (χ1) is 13.0. The number of carbonyl (C=O) groups excluding carboxylic acids is 1. The fourth-order valence-electron chi connectivity index (χ4n) is 3.20. The van der Waals surface area contributed by atoms with Crippen LogP contribution in [-0.2, 0) is 4.43 Å². The van der Waals surface area contributed by atoms with E-state index in [9.17, 15) is 6.17 Å². The average Bonchev–Trinajstić information content (AvgIpc) is 3.30. The number of ketones is 1. The van der Waals surface area contributed by atoms with Crippen molar-refractivity contribution in [2.75, 3.05) is 0 Å². The van der Waals surface area contributed by atoms with Crippen molar-refractivity contribution in [2.45, 2.75) is 70.3 Å². The highest BCUT2D eigenvalue weighted by Crippen LogP contribution is 2.45. The molecule has 1 aromatic heterocycles. The van der Waals surface area contributed by atoms with E-state index < -0.39 is 14.4 Å². The number of rotatable bonds is 5. The van der Waals surface area contributed by atoms with Gasteiger partial charge in [0.25, 0.3) is 0 Å². The molecule has 2 aliphatic rings. The number of nitrogens with zero attached hydrogens (tertiary/aromatic N) is 3. The predicted molar refractivity (Wildman–Crippen MR) is 107 cm³/mol. The minimum atomic E-state index is -2.22. The van der Waals surface area contributed by atoms with Crippen LogP contribution in [0.15, 0.2) is 30.3 Å². The quantitative estimate of drug-likeness (QED) is 0.542. The first-order valence-corrected chi connectivity index (χ1v) is 12.7. The lowest BCUT2D eigenvalue weighted by Gasteiger charge is -2.38. The van der Waals surface area contributed by atoms with E-state index >= 15 is 0 Å². The van der Waals surface area contributed by atoms with Gasteiger partial charge in [-0.3, -0.25) is 4.79 Å². The van der Waals surface area contributed by atoms with E-state index in [1.165, 1.54) is 0 Å². The Labute approximate surface area is 163 Å². The highest BCUT2D eigenvalue weighted by Gasteiger charge is 2.45. The standard InChI is InChI=1S/C21H29N3O2Si/c1-21(2,3)27(4,5)26-17-13-16(14-9-7-6-8-10-14)24-20(17)22-19(23-24)18(25)15-11-12-15/h6-10,15-17H,11-13H2,1-5H3/t16-,17+/m0/s1/i17D. The molecule has 144 valence electrons. The molecule has 0 radical (unpaired) electrons. The molecule has 27 heavy (non-hydrogen) atoms. The fraction of sp³-hybridized carbons (Fsp3) is 0.571. The van der Waals surface area contributed by atoms with Gasteiger partial charge >= 0.3 is 0 Å². The number of aromatic nitrogens is 3. The summed E-state index contributed by atoms with van der Waals surface area (Å²) < 4.78 is 17.6. The van der Waals surface area contributed by atoms with Crippen molar-refractivity contribution >= 4 is 14.1 Å². The first kappa shape index (κ1) is 17.3. The molecule has 2 heterocycles. The van der Waals surface area contributed by atoms with Crippen LogP contribution >= 0.6 is 0 Å². The summed E-state index contributed by atoms with van der Waals surface area (Å²) >= 11 is 0. The molecule has 0 amide bonds. The molecule has 0 unspecified atom stereocenters. The minimum Gasteiger partial charge on any atom is -0.407 e. The Morgan fingerprint density at radius 2 is 1.93 bits per heavy atom. The summed E-state index contributed by atoms with van der Waals surface area (Å²) in [6, 6.07) is 9.88. The van der Waals surface area contributed by atoms with Crippen molar-refractivity contribution in [3.05, 3.63) is 47.5 Å². The van der Waals surface area contributed by atoms with E-state index in [0.717, 1.165) is 18.4 Å². The van der Waals surface area contributed by atoms with Gasteiger partial charge in [-0.05, 0) is 36.5 Å². The largest absolute Gasteiger partial charge is 0.407 e. The number of hydrogen-bond acceptors (Lipinski definition) is 4. The molecule has 0 bridgehead atoms. The van der Waals surface area contributed by atoms with Crippen LogP contribution in [0.25, 0.3) is 0 Å². The Hall–Kier alpha value is -1.79. The third kappa shape index (κ3) is 3.41. The maximum absolute atomic E-state index is 12.6. The number of hydrogen-bond donors (Lipinski definition) is 0. The summed E-state index contributed by atoms with van der Waals surface area (Å²) in [6.07, 6.45) is 0.990. The van der Waals surface area contributed by atoms with Crippen molar-refractivity contribution in [3.8, 4) is 0 Å². The molecule has 1 aliphatic heterocycles. The molecule has 1 saturated carbocycles. The normalized spacial score (nSPS) is 26.0. The Balaban J connectivity index is 1.76. The maximum Gasteiger partial charge on any atom is 0.217 e. The highest BCUT2D eigenvalue weighted by atomic mass is 28.4. The summed E-state index contributed by atoms with van der Waals surface area (Å²) in [4.78, 5) is 17.1. The van der Waals surface area contributed by atoms with Crippen molar-refractivity contribution in [1.29, 1.82) is 0 Å². The van der Waals surface area contributed by atoms with Crippen molar-refractivity contribution in [3.63, 3.8) is 0 Å². The van der Waals surface area contributed by atoms with Gasteiger partial charge in [0.05, 0.1) is 7.41 Å². The van der Waals surface area contributed by atoms with Gasteiger partial charge in [-0.15, -0.1) is 5.10 Å². The average molecular weight is 385 g/mol. The summed E-state index contributed by atoms with van der Waals surface area (Å²) in [7, 11) is -2.22. The second kappa shape index (κ2) is 6.38. The van der Waals surface area contributed by atoms with Gasteiger partial charge in [-0.1, -0.05) is 51.1 Å². The fourth-order valence-corrected chi connectivity index (χ4v) is 4.30. The second-order valence-corrected chi connectivity index (χ2v) is 14.0. The van der Waals surface area contributed by atoms with E-state index in [1.807, 2.05) is 30.3 Å². The lowest BCUT2D eigenvalue weighted by Crippen LogP contribution is -2.41. The molecule has 4 rings (SSSR count).